The van der Waals surface area contributed by atoms with Crippen molar-refractivity contribution in [2.75, 3.05) is 0 Å². The Bertz CT molecular complexity index is 585. The molecule has 0 unspecified atom stereocenters. The number of hydrogen-bond acceptors (Lipinski definition) is 5. The van der Waals surface area contributed by atoms with Crippen LogP contribution in [-0.2, 0) is 23.9 Å². The van der Waals surface area contributed by atoms with E-state index < -0.39 is 12.0 Å². The molecule has 4 atom stereocenters. The van der Waals surface area contributed by atoms with Crippen molar-refractivity contribution in [3.8, 4) is 12.3 Å². The highest BCUT2D eigenvalue weighted by atomic mass is 16.6. The molecular formula is C26H43NO5. The van der Waals surface area contributed by atoms with Crippen LogP contribution >= 0.6 is 0 Å². The molecule has 1 aliphatic heterocycles. The molecule has 6 heteroatoms. The lowest BCUT2D eigenvalue weighted by Gasteiger charge is -2.37. The number of carbonyl (C=O) groups excluding carboxylic acids is 3. The first-order valence-corrected chi connectivity index (χ1v) is 12.6. The summed E-state index contributed by atoms with van der Waals surface area (Å²) in [5.74, 6) is 1.87. The molecule has 0 aromatic heterocycles. The van der Waals surface area contributed by atoms with Crippen LogP contribution in [0.3, 0.4) is 0 Å². The zero-order chi connectivity index (χ0) is 23.6. The van der Waals surface area contributed by atoms with Gasteiger partial charge in [-0.2, -0.15) is 0 Å². The van der Waals surface area contributed by atoms with Crippen LogP contribution in [0.1, 0.15) is 110 Å². The molecule has 0 bridgehead atoms. The molecule has 0 saturated carbocycles. The number of nitrogens with one attached hydrogen (secondary N) is 1. The summed E-state index contributed by atoms with van der Waals surface area (Å²) < 4.78 is 11.1. The molecule has 1 rings (SSSR count). The van der Waals surface area contributed by atoms with Crippen molar-refractivity contribution in [2.45, 2.75) is 128 Å². The highest BCUT2D eigenvalue weighted by Crippen LogP contribution is 2.32. The average Bonchev–Trinajstić information content (AvgIpc) is 2.77. The predicted molar refractivity (Wildman–Crippen MR) is 126 cm³/mol. The van der Waals surface area contributed by atoms with Crippen LogP contribution < -0.4 is 5.32 Å². The third kappa shape index (κ3) is 11.5. The molecular weight excluding hydrogens is 406 g/mol. The molecule has 182 valence electrons. The fraction of sp³-hybridized carbons (Fsp3) is 0.808. The Kier molecular flexibility index (Phi) is 15.3. The molecule has 1 aliphatic rings. The maximum absolute atomic E-state index is 12.3. The summed E-state index contributed by atoms with van der Waals surface area (Å²) >= 11 is 0. The second-order valence-corrected chi connectivity index (χ2v) is 8.95. The molecule has 1 fully saturated rings. The number of hydrogen-bond donors (Lipinski definition) is 1. The molecule has 0 aromatic rings. The van der Waals surface area contributed by atoms with E-state index in [2.05, 4.69) is 18.2 Å². The van der Waals surface area contributed by atoms with E-state index in [1.807, 2.05) is 0 Å². The van der Waals surface area contributed by atoms with Gasteiger partial charge in [0.25, 0.3) is 0 Å². The van der Waals surface area contributed by atoms with Gasteiger partial charge in [0, 0.05) is 12.8 Å². The quantitative estimate of drug-likeness (QED) is 0.121. The van der Waals surface area contributed by atoms with Crippen LogP contribution in [0, 0.1) is 18.3 Å². The molecule has 1 amide bonds. The molecule has 0 aliphatic carbocycles. The first-order valence-electron chi connectivity index (χ1n) is 12.6. The van der Waals surface area contributed by atoms with E-state index >= 15 is 0 Å². The number of carbonyl (C=O) groups is 3. The van der Waals surface area contributed by atoms with Gasteiger partial charge in [-0.25, -0.2) is 4.79 Å². The summed E-state index contributed by atoms with van der Waals surface area (Å²) in [6.45, 7) is 3.83. The van der Waals surface area contributed by atoms with Gasteiger partial charge in [-0.1, -0.05) is 64.7 Å². The van der Waals surface area contributed by atoms with Crippen molar-refractivity contribution in [3.63, 3.8) is 0 Å². The molecule has 1 heterocycles. The minimum Gasteiger partial charge on any atom is -0.461 e. The molecule has 1 N–H and O–H groups in total. The topological polar surface area (TPSA) is 81.7 Å². The van der Waals surface area contributed by atoms with Crippen LogP contribution in [0.2, 0.25) is 0 Å². The highest BCUT2D eigenvalue weighted by Gasteiger charge is 2.43. The lowest BCUT2D eigenvalue weighted by Crippen LogP contribution is -2.47. The number of amides is 1. The SMILES string of the molecule is C#CCCCC[C@@H]1C(=O)O[C@H]1C[C@H](CCCCCCCCCCC)OC(=O)[C@H](C)NC=O. The van der Waals surface area contributed by atoms with Crippen LogP contribution in [-0.4, -0.2) is 36.6 Å². The second kappa shape index (κ2) is 17.5. The van der Waals surface area contributed by atoms with Crippen LogP contribution in [0.25, 0.3) is 0 Å². The smallest absolute Gasteiger partial charge is 0.328 e. The van der Waals surface area contributed by atoms with Crippen LogP contribution in [0.5, 0.6) is 0 Å². The summed E-state index contributed by atoms with van der Waals surface area (Å²) in [7, 11) is 0. The number of terminal acetylenes is 1. The monoisotopic (exact) mass is 449 g/mol. The first-order chi connectivity index (χ1) is 15.5. The van der Waals surface area contributed by atoms with Gasteiger partial charge in [0.1, 0.15) is 18.2 Å². The van der Waals surface area contributed by atoms with Gasteiger partial charge in [0.2, 0.25) is 6.41 Å². The van der Waals surface area contributed by atoms with Gasteiger partial charge < -0.3 is 14.8 Å². The van der Waals surface area contributed by atoms with E-state index in [0.29, 0.717) is 19.3 Å². The highest BCUT2D eigenvalue weighted by molar-refractivity contribution is 5.79. The summed E-state index contributed by atoms with van der Waals surface area (Å²) in [5, 5.41) is 2.44. The van der Waals surface area contributed by atoms with E-state index in [1.165, 1.54) is 44.9 Å². The van der Waals surface area contributed by atoms with E-state index in [9.17, 15) is 14.4 Å². The van der Waals surface area contributed by atoms with Crippen molar-refractivity contribution < 1.29 is 23.9 Å². The Morgan fingerprint density at radius 3 is 2.38 bits per heavy atom. The minimum atomic E-state index is -0.693. The standard InChI is InChI=1S/C26H43NO5/c1-4-6-8-10-11-12-13-14-15-17-22(31-25(29)21(3)27-20-28)19-24-23(26(30)32-24)18-16-9-7-5-2/h2,20-24H,4,6-19H2,1,3H3,(H,27,28)/t21-,22-,23-,24-/m0/s1. The van der Waals surface area contributed by atoms with E-state index in [4.69, 9.17) is 15.9 Å². The van der Waals surface area contributed by atoms with E-state index in [-0.39, 0.29) is 24.1 Å². The summed E-state index contributed by atoms with van der Waals surface area (Å²) in [4.78, 5) is 34.9. The molecule has 32 heavy (non-hydrogen) atoms. The Labute approximate surface area is 194 Å². The minimum absolute atomic E-state index is 0.136. The molecule has 0 spiro atoms. The maximum Gasteiger partial charge on any atom is 0.328 e. The van der Waals surface area contributed by atoms with Gasteiger partial charge >= 0.3 is 11.9 Å². The van der Waals surface area contributed by atoms with Crippen LogP contribution in [0.15, 0.2) is 0 Å². The first kappa shape index (κ1) is 28.0. The predicted octanol–water partition coefficient (Wildman–Crippen LogP) is 5.08. The Balaban J connectivity index is 2.45. The van der Waals surface area contributed by atoms with Crippen molar-refractivity contribution >= 4 is 18.3 Å². The largest absolute Gasteiger partial charge is 0.461 e. The number of esters is 2. The summed E-state index contributed by atoms with van der Waals surface area (Å²) in [5.41, 5.74) is 0. The second-order valence-electron chi connectivity index (χ2n) is 8.95. The number of unbranched alkanes of at least 4 members (excludes halogenated alkanes) is 10. The zero-order valence-corrected chi connectivity index (χ0v) is 20.1. The maximum atomic E-state index is 12.3. The normalized spacial score (nSPS) is 19.2. The van der Waals surface area contributed by atoms with Gasteiger partial charge in [-0.05, 0) is 32.6 Å². The van der Waals surface area contributed by atoms with Gasteiger partial charge in [0.05, 0.1) is 5.92 Å². The van der Waals surface area contributed by atoms with Crippen molar-refractivity contribution in [2.24, 2.45) is 5.92 Å². The number of cyclic esters (lactones) is 1. The third-order valence-corrected chi connectivity index (χ3v) is 6.18. The van der Waals surface area contributed by atoms with Gasteiger partial charge in [-0.3, -0.25) is 9.59 Å². The van der Waals surface area contributed by atoms with Crippen LogP contribution in [0.4, 0.5) is 0 Å². The fourth-order valence-corrected chi connectivity index (χ4v) is 4.11. The molecule has 0 aromatic carbocycles. The third-order valence-electron chi connectivity index (χ3n) is 6.18. The van der Waals surface area contributed by atoms with Gasteiger partial charge in [-0.15, -0.1) is 12.3 Å². The van der Waals surface area contributed by atoms with Gasteiger partial charge in [0.15, 0.2) is 0 Å². The Morgan fingerprint density at radius 2 is 1.78 bits per heavy atom. The molecule has 1 saturated heterocycles. The lowest BCUT2D eigenvalue weighted by atomic mass is 9.86. The van der Waals surface area contributed by atoms with E-state index in [0.717, 1.165) is 38.5 Å². The summed E-state index contributed by atoms with van der Waals surface area (Å²) in [6, 6.07) is -0.693. The van der Waals surface area contributed by atoms with Crippen molar-refractivity contribution in [1.29, 1.82) is 0 Å². The number of rotatable bonds is 20. The molecule has 6 nitrogen and oxygen atoms in total. The summed E-state index contributed by atoms with van der Waals surface area (Å²) in [6.07, 6.45) is 20.8. The fourth-order valence-electron chi connectivity index (χ4n) is 4.11. The van der Waals surface area contributed by atoms with Crippen molar-refractivity contribution in [3.05, 3.63) is 0 Å². The molecule has 0 radical (unpaired) electrons. The average molecular weight is 450 g/mol. The van der Waals surface area contributed by atoms with Crippen molar-refractivity contribution in [1.82, 2.24) is 5.32 Å². The Hall–Kier alpha value is -2.03. The number of ether oxygens (including phenoxy) is 2. The Morgan fingerprint density at radius 1 is 1.12 bits per heavy atom. The zero-order valence-electron chi connectivity index (χ0n) is 20.1. The van der Waals surface area contributed by atoms with E-state index in [1.54, 1.807) is 6.92 Å². The lowest BCUT2D eigenvalue weighted by molar-refractivity contribution is -0.190.